The Balaban J connectivity index is 3.13. The van der Waals surface area contributed by atoms with Crippen LogP contribution in [0, 0.1) is 5.82 Å². The molecule has 0 aliphatic rings. The summed E-state index contributed by atoms with van der Waals surface area (Å²) in [5.41, 5.74) is 0.579. The number of hydrogen-bond donors (Lipinski definition) is 1. The van der Waals surface area contributed by atoms with Gasteiger partial charge in [0, 0.05) is 12.2 Å². The third-order valence-electron chi connectivity index (χ3n) is 1.67. The molecule has 0 aliphatic carbocycles. The van der Waals surface area contributed by atoms with E-state index >= 15 is 0 Å². The second-order valence-electron chi connectivity index (χ2n) is 2.55. The first-order chi connectivity index (χ1) is 6.19. The number of halogens is 2. The molecule has 0 saturated heterocycles. The smallest absolute Gasteiger partial charge is 0.140 e. The van der Waals surface area contributed by atoms with Gasteiger partial charge in [0.05, 0.1) is 12.1 Å². The highest BCUT2D eigenvalue weighted by Crippen LogP contribution is 2.29. The van der Waals surface area contributed by atoms with Gasteiger partial charge in [-0.25, -0.2) is 4.39 Å². The first-order valence-electron chi connectivity index (χ1n) is 3.81. The molecule has 0 radical (unpaired) electrons. The van der Waals surface area contributed by atoms with Crippen LogP contribution in [0.3, 0.4) is 0 Å². The van der Waals surface area contributed by atoms with Gasteiger partial charge in [-0.3, -0.25) is 0 Å². The van der Waals surface area contributed by atoms with Gasteiger partial charge >= 0.3 is 0 Å². The molecule has 13 heavy (non-hydrogen) atoms. The molecule has 0 bridgehead atoms. The van der Waals surface area contributed by atoms with Gasteiger partial charge in [0.15, 0.2) is 0 Å². The van der Waals surface area contributed by atoms with Gasteiger partial charge < -0.3 is 9.84 Å². The van der Waals surface area contributed by atoms with Crippen molar-refractivity contribution in [2.45, 2.75) is 6.42 Å². The summed E-state index contributed by atoms with van der Waals surface area (Å²) in [7, 11) is 1.46. The van der Waals surface area contributed by atoms with Gasteiger partial charge in [0.2, 0.25) is 0 Å². The molecule has 1 rings (SSSR count). The Hall–Kier alpha value is -0.800. The van der Waals surface area contributed by atoms with E-state index in [-0.39, 0.29) is 11.6 Å². The van der Waals surface area contributed by atoms with E-state index in [9.17, 15) is 4.39 Å². The lowest BCUT2D eigenvalue weighted by Gasteiger charge is -2.08. The second-order valence-corrected chi connectivity index (χ2v) is 2.96. The fourth-order valence-electron chi connectivity index (χ4n) is 1.15. The van der Waals surface area contributed by atoms with Crippen LogP contribution in [0.5, 0.6) is 5.75 Å². The van der Waals surface area contributed by atoms with Crippen LogP contribution in [-0.4, -0.2) is 18.8 Å². The van der Waals surface area contributed by atoms with Crippen LogP contribution < -0.4 is 4.74 Å². The third-order valence-corrected chi connectivity index (χ3v) is 1.95. The van der Waals surface area contributed by atoms with E-state index in [1.54, 1.807) is 0 Å². The van der Waals surface area contributed by atoms with Crippen LogP contribution in [0.4, 0.5) is 4.39 Å². The SMILES string of the molecule is COc1c(Cl)cc(F)cc1CCO. The highest BCUT2D eigenvalue weighted by atomic mass is 35.5. The first-order valence-corrected chi connectivity index (χ1v) is 4.19. The molecule has 0 amide bonds. The number of aliphatic hydroxyl groups excluding tert-OH is 1. The van der Waals surface area contributed by atoms with Crippen molar-refractivity contribution in [2.75, 3.05) is 13.7 Å². The molecule has 4 heteroatoms. The average Bonchev–Trinajstić information content (AvgIpc) is 2.04. The summed E-state index contributed by atoms with van der Waals surface area (Å²) in [6.45, 7) is -0.0594. The lowest BCUT2D eigenvalue weighted by molar-refractivity contribution is 0.296. The van der Waals surface area contributed by atoms with E-state index in [4.69, 9.17) is 21.4 Å². The topological polar surface area (TPSA) is 29.5 Å². The maximum Gasteiger partial charge on any atom is 0.140 e. The predicted molar refractivity (Wildman–Crippen MR) is 48.8 cm³/mol. The van der Waals surface area contributed by atoms with E-state index in [1.165, 1.54) is 19.2 Å². The summed E-state index contributed by atoms with van der Waals surface area (Å²) in [4.78, 5) is 0. The zero-order chi connectivity index (χ0) is 9.84. The Morgan fingerprint density at radius 2 is 2.23 bits per heavy atom. The number of ether oxygens (including phenoxy) is 1. The Bertz CT molecular complexity index is 302. The molecule has 72 valence electrons. The molecule has 1 N–H and O–H groups in total. The second kappa shape index (κ2) is 4.44. The molecule has 0 atom stereocenters. The third kappa shape index (κ3) is 2.32. The van der Waals surface area contributed by atoms with Gasteiger partial charge in [-0.2, -0.15) is 0 Å². The molecule has 0 fully saturated rings. The van der Waals surface area contributed by atoms with Gasteiger partial charge in [-0.1, -0.05) is 11.6 Å². The number of aliphatic hydroxyl groups is 1. The highest BCUT2D eigenvalue weighted by molar-refractivity contribution is 6.32. The summed E-state index contributed by atoms with van der Waals surface area (Å²) in [6.07, 6.45) is 0.334. The summed E-state index contributed by atoms with van der Waals surface area (Å²) in [5.74, 6) is 0.00590. The number of hydrogen-bond acceptors (Lipinski definition) is 2. The molecule has 0 heterocycles. The minimum absolute atomic E-state index is 0.0594. The predicted octanol–water partition coefficient (Wildman–Crippen LogP) is 2.02. The summed E-state index contributed by atoms with van der Waals surface area (Å²) in [5, 5.41) is 8.93. The number of rotatable bonds is 3. The van der Waals surface area contributed by atoms with Crippen molar-refractivity contribution in [3.05, 3.63) is 28.5 Å². The van der Waals surface area contributed by atoms with Crippen molar-refractivity contribution in [1.82, 2.24) is 0 Å². The average molecular weight is 205 g/mol. The lowest BCUT2D eigenvalue weighted by Crippen LogP contribution is -1.97. The minimum atomic E-state index is -0.422. The summed E-state index contributed by atoms with van der Waals surface area (Å²) in [6, 6.07) is 2.49. The zero-order valence-electron chi connectivity index (χ0n) is 7.18. The Morgan fingerprint density at radius 3 is 2.77 bits per heavy atom. The molecular weight excluding hydrogens is 195 g/mol. The molecule has 1 aromatic carbocycles. The monoisotopic (exact) mass is 204 g/mol. The standard InChI is InChI=1S/C9H10ClFO2/c1-13-9-6(2-3-12)4-7(11)5-8(9)10/h4-5,12H,2-3H2,1H3. The van der Waals surface area contributed by atoms with Crippen molar-refractivity contribution >= 4 is 11.6 Å². The lowest BCUT2D eigenvalue weighted by atomic mass is 10.1. The fourth-order valence-corrected chi connectivity index (χ4v) is 1.45. The number of benzene rings is 1. The highest BCUT2D eigenvalue weighted by Gasteiger charge is 2.09. The Labute approximate surface area is 80.9 Å². The van der Waals surface area contributed by atoms with E-state index < -0.39 is 5.82 Å². The van der Waals surface area contributed by atoms with Gasteiger partial charge in [-0.15, -0.1) is 0 Å². The zero-order valence-corrected chi connectivity index (χ0v) is 7.94. The minimum Gasteiger partial charge on any atom is -0.495 e. The first kappa shape index (κ1) is 10.3. The molecule has 0 unspecified atom stereocenters. The van der Waals surface area contributed by atoms with Crippen molar-refractivity contribution in [3.8, 4) is 5.75 Å². The van der Waals surface area contributed by atoms with Crippen LogP contribution in [0.25, 0.3) is 0 Å². The maximum absolute atomic E-state index is 12.8. The van der Waals surface area contributed by atoms with Crippen molar-refractivity contribution in [1.29, 1.82) is 0 Å². The van der Waals surface area contributed by atoms with Gasteiger partial charge in [0.1, 0.15) is 11.6 Å². The summed E-state index contributed by atoms with van der Waals surface area (Å²) < 4.78 is 17.8. The molecule has 0 aliphatic heterocycles. The van der Waals surface area contributed by atoms with E-state index in [1.807, 2.05) is 0 Å². The molecule has 0 saturated carbocycles. The normalized spacial score (nSPS) is 10.2. The Morgan fingerprint density at radius 1 is 1.54 bits per heavy atom. The van der Waals surface area contributed by atoms with Gasteiger partial charge in [-0.05, 0) is 18.6 Å². The molecule has 1 aromatic rings. The van der Waals surface area contributed by atoms with E-state index in [0.717, 1.165) is 0 Å². The van der Waals surface area contributed by atoms with Gasteiger partial charge in [0.25, 0.3) is 0 Å². The van der Waals surface area contributed by atoms with Crippen LogP contribution in [0.1, 0.15) is 5.56 Å². The Kier molecular flexibility index (Phi) is 3.51. The van der Waals surface area contributed by atoms with E-state index in [2.05, 4.69) is 0 Å². The molecule has 0 spiro atoms. The quantitative estimate of drug-likeness (QED) is 0.817. The largest absolute Gasteiger partial charge is 0.495 e. The van der Waals surface area contributed by atoms with Crippen molar-refractivity contribution < 1.29 is 14.2 Å². The van der Waals surface area contributed by atoms with Crippen molar-refractivity contribution in [2.24, 2.45) is 0 Å². The van der Waals surface area contributed by atoms with Crippen LogP contribution in [0.15, 0.2) is 12.1 Å². The van der Waals surface area contributed by atoms with E-state index in [0.29, 0.717) is 17.7 Å². The van der Waals surface area contributed by atoms with Crippen LogP contribution >= 0.6 is 11.6 Å². The molecular formula is C9H10ClFO2. The summed E-state index contributed by atoms with van der Waals surface area (Å²) >= 11 is 5.72. The van der Waals surface area contributed by atoms with Crippen molar-refractivity contribution in [3.63, 3.8) is 0 Å². The fraction of sp³-hybridized carbons (Fsp3) is 0.333. The number of methoxy groups -OCH3 is 1. The van der Waals surface area contributed by atoms with Crippen LogP contribution in [-0.2, 0) is 6.42 Å². The maximum atomic E-state index is 12.8. The van der Waals surface area contributed by atoms with Crippen LogP contribution in [0.2, 0.25) is 5.02 Å². The molecule has 0 aromatic heterocycles. The molecule has 2 nitrogen and oxygen atoms in total.